The Hall–Kier alpha value is -3.94. The van der Waals surface area contributed by atoms with Crippen molar-refractivity contribution < 1.29 is 9.53 Å². The van der Waals surface area contributed by atoms with E-state index in [4.69, 9.17) is 15.9 Å². The van der Waals surface area contributed by atoms with Gasteiger partial charge in [-0.25, -0.2) is 9.97 Å². The van der Waals surface area contributed by atoms with Crippen molar-refractivity contribution >= 4 is 23.8 Å². The first-order valence-corrected chi connectivity index (χ1v) is 8.62. The van der Waals surface area contributed by atoms with Gasteiger partial charge >= 0.3 is 0 Å². The van der Waals surface area contributed by atoms with Crippen molar-refractivity contribution in [1.82, 2.24) is 15.3 Å². The average molecular weight is 376 g/mol. The largest absolute Gasteiger partial charge is 0.457 e. The predicted octanol–water partition coefficient (Wildman–Crippen LogP) is 2.43. The number of rotatable bonds is 9. The Morgan fingerprint density at radius 2 is 1.75 bits per heavy atom. The number of nitrogens with two attached hydrogens (primary N) is 1. The minimum Gasteiger partial charge on any atom is -0.457 e. The highest BCUT2D eigenvalue weighted by Gasteiger charge is 2.16. The molecule has 3 aromatic rings. The van der Waals surface area contributed by atoms with Crippen molar-refractivity contribution in [3.63, 3.8) is 0 Å². The zero-order chi connectivity index (χ0) is 19.8. The number of amides is 1. The molecule has 0 saturated carbocycles. The van der Waals surface area contributed by atoms with Crippen LogP contribution < -0.4 is 21.1 Å². The molecular weight excluding hydrogens is 356 g/mol. The summed E-state index contributed by atoms with van der Waals surface area (Å²) in [6.45, 7) is 0.866. The zero-order valence-electron chi connectivity index (χ0n) is 15.1. The molecule has 1 amide bonds. The Morgan fingerprint density at radius 3 is 2.46 bits per heavy atom. The van der Waals surface area contributed by atoms with E-state index in [2.05, 4.69) is 20.6 Å². The lowest BCUT2D eigenvalue weighted by atomic mass is 10.0. The molecule has 0 aliphatic carbocycles. The van der Waals surface area contributed by atoms with Crippen molar-refractivity contribution in [3.8, 4) is 11.5 Å². The molecule has 142 valence electrons. The number of nitrogen functional groups attached to an aromatic ring is 1. The van der Waals surface area contributed by atoms with E-state index in [9.17, 15) is 4.79 Å². The molecule has 0 unspecified atom stereocenters. The van der Waals surface area contributed by atoms with E-state index in [1.807, 2.05) is 30.3 Å². The first kappa shape index (κ1) is 18.8. The molecule has 5 N–H and O–H groups in total. The number of nitrogens with one attached hydrogen (secondary N) is 3. The highest BCUT2D eigenvalue weighted by Crippen LogP contribution is 2.25. The van der Waals surface area contributed by atoms with Crippen LogP contribution in [0.1, 0.15) is 11.1 Å². The van der Waals surface area contributed by atoms with Gasteiger partial charge in [-0.2, -0.15) is 0 Å². The number of nitrogens with zero attached hydrogens (tertiary/aromatic N) is 2. The number of para-hydroxylation sites is 1. The monoisotopic (exact) mass is 376 g/mol. The molecule has 0 radical (unpaired) electrons. The van der Waals surface area contributed by atoms with Crippen LogP contribution in [0.2, 0.25) is 0 Å². The summed E-state index contributed by atoms with van der Waals surface area (Å²) in [5, 5.41) is 14.2. The van der Waals surface area contributed by atoms with Crippen molar-refractivity contribution in [2.45, 2.75) is 0 Å². The van der Waals surface area contributed by atoms with Crippen LogP contribution in [0.3, 0.4) is 0 Å². The van der Waals surface area contributed by atoms with Crippen molar-refractivity contribution in [2.24, 2.45) is 0 Å². The van der Waals surface area contributed by atoms with Gasteiger partial charge in [0.15, 0.2) is 0 Å². The summed E-state index contributed by atoms with van der Waals surface area (Å²) in [6.07, 6.45) is 1.95. The third kappa shape index (κ3) is 4.61. The fraction of sp³-hybridized carbons (Fsp3) is 0.100. The SMILES string of the molecule is N=C(c1ccc(Oc2ccccc2)cc1)c1c(N)ncnc1NCCNC=O. The average Bonchev–Trinajstić information content (AvgIpc) is 2.72. The molecule has 0 fully saturated rings. The number of benzene rings is 2. The molecule has 8 nitrogen and oxygen atoms in total. The fourth-order valence-electron chi connectivity index (χ4n) is 2.55. The van der Waals surface area contributed by atoms with Gasteiger partial charge in [0.05, 0.1) is 11.3 Å². The Morgan fingerprint density at radius 1 is 1.04 bits per heavy atom. The fourth-order valence-corrected chi connectivity index (χ4v) is 2.55. The first-order valence-electron chi connectivity index (χ1n) is 8.62. The minimum atomic E-state index is 0.190. The second-order valence-electron chi connectivity index (χ2n) is 5.80. The standard InChI is InChI=1S/C20H20N6O2/c21-18(17-19(22)25-12-26-20(17)24-11-10-23-13-27)14-6-8-16(9-7-14)28-15-4-2-1-3-5-15/h1-9,12-13,21H,10-11H2,(H,23,27)(H3,22,24,25,26). The number of carbonyl (C=O) groups is 1. The molecule has 2 aromatic carbocycles. The topological polar surface area (TPSA) is 126 Å². The zero-order valence-corrected chi connectivity index (χ0v) is 15.1. The molecule has 0 bridgehead atoms. The molecule has 28 heavy (non-hydrogen) atoms. The van der Waals surface area contributed by atoms with E-state index < -0.39 is 0 Å². The Balaban J connectivity index is 1.77. The Kier molecular flexibility index (Phi) is 6.14. The molecule has 1 aromatic heterocycles. The minimum absolute atomic E-state index is 0.190. The van der Waals surface area contributed by atoms with Gasteiger partial charge in [0.2, 0.25) is 6.41 Å². The third-order valence-corrected chi connectivity index (χ3v) is 3.89. The second kappa shape index (κ2) is 9.13. The maximum atomic E-state index is 10.3. The maximum absolute atomic E-state index is 10.3. The summed E-state index contributed by atoms with van der Waals surface area (Å²) in [4.78, 5) is 18.5. The van der Waals surface area contributed by atoms with Gasteiger partial charge in [-0.05, 0) is 36.4 Å². The molecule has 0 spiro atoms. The van der Waals surface area contributed by atoms with Gasteiger partial charge in [-0.1, -0.05) is 18.2 Å². The molecular formula is C20H20N6O2. The normalized spacial score (nSPS) is 10.1. The van der Waals surface area contributed by atoms with Crippen molar-refractivity contribution in [2.75, 3.05) is 24.1 Å². The van der Waals surface area contributed by atoms with Crippen molar-refractivity contribution in [1.29, 1.82) is 5.41 Å². The number of hydrogen-bond acceptors (Lipinski definition) is 7. The van der Waals surface area contributed by atoms with Gasteiger partial charge in [0.1, 0.15) is 29.5 Å². The van der Waals surface area contributed by atoms with E-state index in [0.717, 1.165) is 5.75 Å². The van der Waals surface area contributed by atoms with Gasteiger partial charge < -0.3 is 21.1 Å². The van der Waals surface area contributed by atoms with Crippen LogP contribution in [0.15, 0.2) is 60.9 Å². The molecule has 0 atom stereocenters. The highest BCUT2D eigenvalue weighted by molar-refractivity contribution is 6.16. The molecule has 8 heteroatoms. The quantitative estimate of drug-likeness (QED) is 0.258. The van der Waals surface area contributed by atoms with Crippen LogP contribution in [-0.4, -0.2) is 35.2 Å². The van der Waals surface area contributed by atoms with E-state index in [1.165, 1.54) is 6.33 Å². The molecule has 0 aliphatic heterocycles. The number of aromatic nitrogens is 2. The number of hydrogen-bond donors (Lipinski definition) is 4. The second-order valence-corrected chi connectivity index (χ2v) is 5.80. The van der Waals surface area contributed by atoms with Crippen molar-refractivity contribution in [3.05, 3.63) is 72.1 Å². The number of anilines is 2. The number of carbonyl (C=O) groups excluding carboxylic acids is 1. The molecule has 1 heterocycles. The number of ether oxygens (including phenoxy) is 1. The Bertz CT molecular complexity index is 945. The van der Waals surface area contributed by atoms with Crippen LogP contribution in [-0.2, 0) is 4.79 Å². The third-order valence-electron chi connectivity index (χ3n) is 3.89. The Labute approximate surface area is 162 Å². The molecule has 3 rings (SSSR count). The predicted molar refractivity (Wildman–Crippen MR) is 108 cm³/mol. The summed E-state index contributed by atoms with van der Waals surface area (Å²) in [5.41, 5.74) is 7.24. The first-order chi connectivity index (χ1) is 13.7. The van der Waals surface area contributed by atoms with Crippen LogP contribution in [0, 0.1) is 5.41 Å². The maximum Gasteiger partial charge on any atom is 0.207 e. The van der Waals surface area contributed by atoms with Crippen LogP contribution >= 0.6 is 0 Å². The summed E-state index contributed by atoms with van der Waals surface area (Å²) >= 11 is 0. The van der Waals surface area contributed by atoms with Gasteiger partial charge in [0, 0.05) is 18.7 Å². The van der Waals surface area contributed by atoms with E-state index >= 15 is 0 Å². The lowest BCUT2D eigenvalue weighted by molar-refractivity contribution is -0.109. The van der Waals surface area contributed by atoms with Crippen LogP contribution in [0.5, 0.6) is 11.5 Å². The summed E-state index contributed by atoms with van der Waals surface area (Å²) in [5.74, 6) is 2.05. The molecule has 0 saturated heterocycles. The van der Waals surface area contributed by atoms with Gasteiger partial charge in [-0.15, -0.1) is 0 Å². The van der Waals surface area contributed by atoms with Crippen LogP contribution in [0.4, 0.5) is 11.6 Å². The lowest BCUT2D eigenvalue weighted by Crippen LogP contribution is -2.22. The highest BCUT2D eigenvalue weighted by atomic mass is 16.5. The van der Waals surface area contributed by atoms with E-state index in [0.29, 0.717) is 42.2 Å². The smallest absolute Gasteiger partial charge is 0.207 e. The van der Waals surface area contributed by atoms with Gasteiger partial charge in [-0.3, -0.25) is 10.2 Å². The lowest BCUT2D eigenvalue weighted by Gasteiger charge is -2.14. The van der Waals surface area contributed by atoms with E-state index in [1.54, 1.807) is 24.3 Å². The molecule has 0 aliphatic rings. The van der Waals surface area contributed by atoms with Gasteiger partial charge in [0.25, 0.3) is 0 Å². The summed E-state index contributed by atoms with van der Waals surface area (Å²) in [7, 11) is 0. The summed E-state index contributed by atoms with van der Waals surface area (Å²) < 4.78 is 5.77. The van der Waals surface area contributed by atoms with Crippen LogP contribution in [0.25, 0.3) is 0 Å². The summed E-state index contributed by atoms with van der Waals surface area (Å²) in [6, 6.07) is 16.6. The van der Waals surface area contributed by atoms with E-state index in [-0.39, 0.29) is 11.5 Å².